The second kappa shape index (κ2) is 10.7. The maximum atomic E-state index is 12.5. The van der Waals surface area contributed by atoms with E-state index in [0.29, 0.717) is 53.4 Å². The van der Waals surface area contributed by atoms with Crippen molar-refractivity contribution in [3.63, 3.8) is 0 Å². The summed E-state index contributed by atoms with van der Waals surface area (Å²) in [5, 5.41) is 8.90. The van der Waals surface area contributed by atoms with Gasteiger partial charge in [0.25, 0.3) is 5.91 Å². The Balaban J connectivity index is 1.23. The van der Waals surface area contributed by atoms with Gasteiger partial charge < -0.3 is 28.7 Å². The Kier molecular flexibility index (Phi) is 7.43. The number of carbonyl (C=O) groups excluding carboxylic acids is 2. The standard InChI is InChI=1S/C24H27BrN6O5S/c1-13(36-14(2)32)23(33)30-6-3-15(4-7-30)5-8-31-11-27-21(26)20-22(31)29-24(28-20)37-19-10-18-17(9-16(19)25)34-12-35-18/h9-11,13,15,26H,3-8,12H2,1-2H3,(H,28,29). The molecule has 1 amide bonds. The number of hydrogen-bond acceptors (Lipinski definition) is 9. The molecule has 196 valence electrons. The quantitative estimate of drug-likeness (QED) is 0.399. The number of aromatic nitrogens is 4. The first-order valence-electron chi connectivity index (χ1n) is 12.0. The van der Waals surface area contributed by atoms with Gasteiger partial charge in [0.05, 0.1) is 6.33 Å². The van der Waals surface area contributed by atoms with E-state index >= 15 is 0 Å². The maximum absolute atomic E-state index is 12.5. The number of carbonyl (C=O) groups is 2. The number of H-pyrrole nitrogens is 1. The van der Waals surface area contributed by atoms with Crippen molar-refractivity contribution >= 4 is 50.7 Å². The third-order valence-electron chi connectivity index (χ3n) is 6.53. The lowest BCUT2D eigenvalue weighted by atomic mass is 9.93. The van der Waals surface area contributed by atoms with Gasteiger partial charge in [0.15, 0.2) is 33.9 Å². The number of benzene rings is 1. The summed E-state index contributed by atoms with van der Waals surface area (Å²) in [7, 11) is 0. The van der Waals surface area contributed by atoms with E-state index in [1.54, 1.807) is 18.2 Å². The Morgan fingerprint density at radius 3 is 2.76 bits per heavy atom. The molecule has 3 aromatic rings. The number of likely N-dealkylation sites (tertiary alicyclic amines) is 1. The number of nitrogens with one attached hydrogen (secondary N) is 2. The van der Waals surface area contributed by atoms with E-state index in [1.165, 1.54) is 18.7 Å². The summed E-state index contributed by atoms with van der Waals surface area (Å²) in [6.45, 7) is 5.12. The third-order valence-corrected chi connectivity index (χ3v) is 8.39. The first-order chi connectivity index (χ1) is 17.8. The molecule has 0 saturated carbocycles. The molecular weight excluding hydrogens is 564 g/mol. The molecular formula is C24H27BrN6O5S. The fourth-order valence-electron chi connectivity index (χ4n) is 4.58. The van der Waals surface area contributed by atoms with Crippen molar-refractivity contribution in [2.24, 2.45) is 5.92 Å². The second-order valence-electron chi connectivity index (χ2n) is 9.07. The molecule has 37 heavy (non-hydrogen) atoms. The fourth-order valence-corrected chi connectivity index (χ4v) is 5.96. The summed E-state index contributed by atoms with van der Waals surface area (Å²) in [4.78, 5) is 38.6. The van der Waals surface area contributed by atoms with Crippen LogP contribution < -0.4 is 15.0 Å². The van der Waals surface area contributed by atoms with Crippen LogP contribution in [0.1, 0.15) is 33.1 Å². The Morgan fingerprint density at radius 1 is 1.30 bits per heavy atom. The minimum Gasteiger partial charge on any atom is -0.454 e. The lowest BCUT2D eigenvalue weighted by molar-refractivity contribution is -0.158. The van der Waals surface area contributed by atoms with E-state index in [2.05, 4.69) is 25.9 Å². The molecule has 1 fully saturated rings. The lowest BCUT2D eigenvalue weighted by Gasteiger charge is -2.33. The summed E-state index contributed by atoms with van der Waals surface area (Å²) in [6, 6.07) is 3.78. The highest BCUT2D eigenvalue weighted by atomic mass is 79.9. The molecule has 0 bridgehead atoms. The van der Waals surface area contributed by atoms with Crippen molar-refractivity contribution in [2.75, 3.05) is 19.9 Å². The van der Waals surface area contributed by atoms with Gasteiger partial charge in [-0.15, -0.1) is 0 Å². The Labute approximate surface area is 225 Å². The average Bonchev–Trinajstić information content (AvgIpc) is 3.50. The summed E-state index contributed by atoms with van der Waals surface area (Å²) >= 11 is 5.02. The topological polar surface area (TPSA) is 135 Å². The Bertz CT molecular complexity index is 1400. The molecule has 0 radical (unpaired) electrons. The molecule has 0 spiro atoms. The second-order valence-corrected chi connectivity index (χ2v) is 11.0. The van der Waals surface area contributed by atoms with Crippen LogP contribution in [0.2, 0.25) is 0 Å². The van der Waals surface area contributed by atoms with Gasteiger partial charge in [-0.25, -0.2) is 9.97 Å². The number of fused-ring (bicyclic) bond motifs is 2. The molecule has 4 heterocycles. The van der Waals surface area contributed by atoms with Gasteiger partial charge in [-0.1, -0.05) is 11.8 Å². The molecule has 2 aliphatic rings. The first kappa shape index (κ1) is 25.6. The van der Waals surface area contributed by atoms with E-state index in [-0.39, 0.29) is 18.2 Å². The number of rotatable bonds is 7. The predicted molar refractivity (Wildman–Crippen MR) is 137 cm³/mol. The molecule has 1 aromatic carbocycles. The zero-order valence-electron chi connectivity index (χ0n) is 20.5. The van der Waals surface area contributed by atoms with Crippen LogP contribution in [-0.4, -0.2) is 62.3 Å². The summed E-state index contributed by atoms with van der Waals surface area (Å²) < 4.78 is 18.8. The van der Waals surface area contributed by atoms with Crippen molar-refractivity contribution in [2.45, 2.75) is 55.8 Å². The highest BCUT2D eigenvalue weighted by molar-refractivity contribution is 9.10. The molecule has 1 saturated heterocycles. The van der Waals surface area contributed by atoms with Crippen LogP contribution in [0.25, 0.3) is 11.2 Å². The molecule has 0 aliphatic carbocycles. The molecule has 11 nitrogen and oxygen atoms in total. The molecule has 1 atom stereocenters. The Hall–Kier alpha value is -3.06. The minimum absolute atomic E-state index is 0.143. The SMILES string of the molecule is CC(=O)OC(C)C(=O)N1CCC(CCn2cnc(=N)c3[nH]c(Sc4cc5c(cc4Br)OCO5)nc32)CC1. The number of hydrogen-bond donors (Lipinski definition) is 2. The number of piperidine rings is 1. The first-order valence-corrected chi connectivity index (χ1v) is 13.6. The van der Waals surface area contributed by atoms with Gasteiger partial charge >= 0.3 is 5.97 Å². The number of ether oxygens (including phenoxy) is 3. The lowest BCUT2D eigenvalue weighted by Crippen LogP contribution is -2.44. The van der Waals surface area contributed by atoms with E-state index in [1.807, 2.05) is 16.7 Å². The van der Waals surface area contributed by atoms with Crippen LogP contribution in [0, 0.1) is 11.3 Å². The van der Waals surface area contributed by atoms with Crippen molar-refractivity contribution in [1.29, 1.82) is 5.41 Å². The van der Waals surface area contributed by atoms with E-state index in [4.69, 9.17) is 24.6 Å². The molecule has 13 heteroatoms. The number of imidazole rings is 1. The van der Waals surface area contributed by atoms with Crippen molar-refractivity contribution in [3.8, 4) is 11.5 Å². The van der Waals surface area contributed by atoms with E-state index in [0.717, 1.165) is 28.6 Å². The normalized spacial score (nSPS) is 16.2. The van der Waals surface area contributed by atoms with E-state index < -0.39 is 12.1 Å². The van der Waals surface area contributed by atoms with Crippen LogP contribution in [0.5, 0.6) is 11.5 Å². The number of amides is 1. The van der Waals surface area contributed by atoms with Crippen LogP contribution in [-0.2, 0) is 20.9 Å². The zero-order valence-corrected chi connectivity index (χ0v) is 22.9. The number of aromatic amines is 1. The third kappa shape index (κ3) is 5.61. The smallest absolute Gasteiger partial charge is 0.303 e. The molecule has 2 N–H and O–H groups in total. The van der Waals surface area contributed by atoms with Gasteiger partial charge in [0, 0.05) is 35.9 Å². The summed E-state index contributed by atoms with van der Waals surface area (Å²) in [5.41, 5.74) is 1.41. The summed E-state index contributed by atoms with van der Waals surface area (Å²) in [6.07, 6.45) is 3.58. The van der Waals surface area contributed by atoms with Crippen LogP contribution in [0.4, 0.5) is 0 Å². The average molecular weight is 591 g/mol. The van der Waals surface area contributed by atoms with Gasteiger partial charge in [-0.05, 0) is 60.2 Å². The van der Waals surface area contributed by atoms with Crippen LogP contribution in [0.3, 0.4) is 0 Å². The number of aryl methyl sites for hydroxylation is 1. The number of halogens is 1. The van der Waals surface area contributed by atoms with Crippen LogP contribution >= 0.6 is 27.7 Å². The highest BCUT2D eigenvalue weighted by Gasteiger charge is 2.27. The summed E-state index contributed by atoms with van der Waals surface area (Å²) in [5.74, 6) is 1.24. The largest absolute Gasteiger partial charge is 0.454 e. The molecule has 5 rings (SSSR count). The maximum Gasteiger partial charge on any atom is 0.303 e. The van der Waals surface area contributed by atoms with Crippen molar-refractivity contribution in [3.05, 3.63) is 28.4 Å². The van der Waals surface area contributed by atoms with Crippen molar-refractivity contribution < 1.29 is 23.8 Å². The number of esters is 1. The van der Waals surface area contributed by atoms with Crippen LogP contribution in [0.15, 0.2) is 33.0 Å². The molecule has 2 aliphatic heterocycles. The Morgan fingerprint density at radius 2 is 2.03 bits per heavy atom. The molecule has 2 aromatic heterocycles. The predicted octanol–water partition coefficient (Wildman–Crippen LogP) is 3.46. The van der Waals surface area contributed by atoms with Gasteiger partial charge in [-0.3, -0.25) is 15.0 Å². The van der Waals surface area contributed by atoms with Crippen molar-refractivity contribution in [1.82, 2.24) is 24.4 Å². The zero-order chi connectivity index (χ0) is 26.1. The van der Waals surface area contributed by atoms with E-state index in [9.17, 15) is 9.59 Å². The minimum atomic E-state index is -0.752. The monoisotopic (exact) mass is 590 g/mol. The molecule has 1 unspecified atom stereocenters. The van der Waals surface area contributed by atoms with Gasteiger partial charge in [0.1, 0.15) is 5.52 Å². The fraction of sp³-hybridized carbons (Fsp3) is 0.458. The van der Waals surface area contributed by atoms with Gasteiger partial charge in [0.2, 0.25) is 6.79 Å². The number of nitrogens with zero attached hydrogens (tertiary/aromatic N) is 4. The highest BCUT2D eigenvalue weighted by Crippen LogP contribution is 2.42. The van der Waals surface area contributed by atoms with Gasteiger partial charge in [-0.2, -0.15) is 0 Å².